The molecule has 0 radical (unpaired) electrons. The molecule has 0 spiro atoms. The number of rotatable bonds is 4. The molecule has 3 heterocycles. The van der Waals surface area contributed by atoms with E-state index >= 15 is 0 Å². The Kier molecular flexibility index (Phi) is 5.35. The smallest absolute Gasteiger partial charge is 0.249 e. The van der Waals surface area contributed by atoms with Crippen LogP contribution in [-0.2, 0) is 0 Å². The molecule has 144 valence electrons. The summed E-state index contributed by atoms with van der Waals surface area (Å²) in [6.45, 7) is 8.38. The first-order valence-electron chi connectivity index (χ1n) is 9.61. The van der Waals surface area contributed by atoms with E-state index in [0.717, 1.165) is 63.9 Å². The predicted molar refractivity (Wildman–Crippen MR) is 109 cm³/mol. The summed E-state index contributed by atoms with van der Waals surface area (Å²) in [5.41, 5.74) is 2.24. The molecule has 1 aromatic carbocycles. The standard InChI is InChI=1S/C19H28N8/c1-24-7-11-26(12-8-24)17-5-3-16(4-6-17)21-19-22-18(15-20-23-19)27-13-9-25(2)10-14-27/h3-6,15H,7-14H2,1-2H3,(H,21,22,23). The Labute approximate surface area is 160 Å². The molecule has 2 aromatic rings. The lowest BCUT2D eigenvalue weighted by Crippen LogP contribution is -2.44. The highest BCUT2D eigenvalue weighted by molar-refractivity contribution is 5.60. The van der Waals surface area contributed by atoms with Gasteiger partial charge in [-0.05, 0) is 38.4 Å². The molecule has 2 aliphatic rings. The Hall–Kier alpha value is -2.45. The van der Waals surface area contributed by atoms with Crippen molar-refractivity contribution in [3.63, 3.8) is 0 Å². The van der Waals surface area contributed by atoms with Gasteiger partial charge in [-0.1, -0.05) is 0 Å². The first-order chi connectivity index (χ1) is 13.2. The topological polar surface area (TPSA) is 63.7 Å². The maximum Gasteiger partial charge on any atom is 0.249 e. The molecule has 0 unspecified atom stereocenters. The van der Waals surface area contributed by atoms with E-state index in [4.69, 9.17) is 0 Å². The van der Waals surface area contributed by atoms with Crippen molar-refractivity contribution in [2.24, 2.45) is 0 Å². The molecule has 8 heteroatoms. The van der Waals surface area contributed by atoms with Crippen molar-refractivity contribution < 1.29 is 0 Å². The van der Waals surface area contributed by atoms with Crippen LogP contribution in [0.2, 0.25) is 0 Å². The van der Waals surface area contributed by atoms with E-state index in [1.807, 2.05) is 0 Å². The van der Waals surface area contributed by atoms with E-state index in [1.165, 1.54) is 5.69 Å². The van der Waals surface area contributed by atoms with Crippen molar-refractivity contribution in [3.8, 4) is 0 Å². The summed E-state index contributed by atoms with van der Waals surface area (Å²) in [5.74, 6) is 1.42. The lowest BCUT2D eigenvalue weighted by molar-refractivity contribution is 0.312. The van der Waals surface area contributed by atoms with E-state index in [-0.39, 0.29) is 0 Å². The van der Waals surface area contributed by atoms with Gasteiger partial charge in [0.25, 0.3) is 0 Å². The normalized spacial score (nSPS) is 19.3. The number of aromatic nitrogens is 3. The Morgan fingerprint density at radius 1 is 0.778 bits per heavy atom. The van der Waals surface area contributed by atoms with Gasteiger partial charge in [-0.2, -0.15) is 10.1 Å². The second-order valence-corrected chi connectivity index (χ2v) is 7.39. The number of piperazine rings is 2. The average Bonchev–Trinajstić information content (AvgIpc) is 2.70. The van der Waals surface area contributed by atoms with Gasteiger partial charge in [-0.3, -0.25) is 0 Å². The van der Waals surface area contributed by atoms with Gasteiger partial charge in [0.2, 0.25) is 5.95 Å². The van der Waals surface area contributed by atoms with Crippen molar-refractivity contribution in [3.05, 3.63) is 30.5 Å². The maximum absolute atomic E-state index is 4.64. The number of hydrogen-bond acceptors (Lipinski definition) is 8. The molecule has 2 fully saturated rings. The van der Waals surface area contributed by atoms with Crippen molar-refractivity contribution in [2.45, 2.75) is 0 Å². The molecule has 0 atom stereocenters. The van der Waals surface area contributed by atoms with Gasteiger partial charge < -0.3 is 24.9 Å². The van der Waals surface area contributed by atoms with Crippen molar-refractivity contribution in [1.82, 2.24) is 25.0 Å². The molecule has 0 saturated carbocycles. The number of nitrogens with zero attached hydrogens (tertiary/aromatic N) is 7. The minimum Gasteiger partial charge on any atom is -0.369 e. The summed E-state index contributed by atoms with van der Waals surface area (Å²) >= 11 is 0. The van der Waals surface area contributed by atoms with E-state index < -0.39 is 0 Å². The lowest BCUT2D eigenvalue weighted by Gasteiger charge is -2.34. The summed E-state index contributed by atoms with van der Waals surface area (Å²) in [6, 6.07) is 8.48. The first kappa shape index (κ1) is 17.9. The highest BCUT2D eigenvalue weighted by atomic mass is 15.3. The van der Waals surface area contributed by atoms with Crippen LogP contribution in [0.15, 0.2) is 30.5 Å². The van der Waals surface area contributed by atoms with Crippen LogP contribution in [0.1, 0.15) is 0 Å². The Balaban J connectivity index is 1.39. The fourth-order valence-electron chi connectivity index (χ4n) is 3.49. The van der Waals surface area contributed by atoms with Gasteiger partial charge >= 0.3 is 0 Å². The van der Waals surface area contributed by atoms with Crippen molar-refractivity contribution in [2.75, 3.05) is 81.6 Å². The zero-order valence-electron chi connectivity index (χ0n) is 16.2. The van der Waals surface area contributed by atoms with Crippen LogP contribution in [-0.4, -0.2) is 91.4 Å². The summed E-state index contributed by atoms with van der Waals surface area (Å²) in [6.07, 6.45) is 1.74. The Morgan fingerprint density at radius 3 is 2.00 bits per heavy atom. The average molecular weight is 368 g/mol. The molecule has 1 N–H and O–H groups in total. The number of hydrogen-bond donors (Lipinski definition) is 1. The number of anilines is 4. The first-order valence-corrected chi connectivity index (χ1v) is 9.61. The third kappa shape index (κ3) is 4.45. The molecule has 0 bridgehead atoms. The molecule has 1 aromatic heterocycles. The minimum atomic E-state index is 0.541. The van der Waals surface area contributed by atoms with Crippen LogP contribution in [0.3, 0.4) is 0 Å². The van der Waals surface area contributed by atoms with Crippen LogP contribution in [0.4, 0.5) is 23.1 Å². The fourth-order valence-corrected chi connectivity index (χ4v) is 3.49. The van der Waals surface area contributed by atoms with Gasteiger partial charge in [-0.25, -0.2) is 0 Å². The molecular formula is C19H28N8. The zero-order chi connectivity index (χ0) is 18.6. The maximum atomic E-state index is 4.64. The predicted octanol–water partition coefficient (Wildman–Crippen LogP) is 1.12. The largest absolute Gasteiger partial charge is 0.369 e. The molecule has 4 rings (SSSR count). The van der Waals surface area contributed by atoms with Gasteiger partial charge in [-0.15, -0.1) is 5.10 Å². The van der Waals surface area contributed by atoms with Crippen molar-refractivity contribution in [1.29, 1.82) is 0 Å². The van der Waals surface area contributed by atoms with Crippen molar-refractivity contribution >= 4 is 23.1 Å². The highest BCUT2D eigenvalue weighted by Gasteiger charge is 2.17. The third-order valence-electron chi connectivity index (χ3n) is 5.37. The Morgan fingerprint density at radius 2 is 1.37 bits per heavy atom. The van der Waals surface area contributed by atoms with Gasteiger partial charge in [0.1, 0.15) is 0 Å². The summed E-state index contributed by atoms with van der Waals surface area (Å²) in [5, 5.41) is 11.6. The Bertz CT molecular complexity index is 734. The molecule has 0 aliphatic carbocycles. The number of benzene rings is 1. The minimum absolute atomic E-state index is 0.541. The molecule has 0 amide bonds. The van der Waals surface area contributed by atoms with E-state index in [0.29, 0.717) is 5.95 Å². The summed E-state index contributed by atoms with van der Waals surface area (Å²) in [7, 11) is 4.32. The van der Waals surface area contributed by atoms with E-state index in [2.05, 4.69) is 78.5 Å². The lowest BCUT2D eigenvalue weighted by atomic mass is 10.2. The van der Waals surface area contributed by atoms with Gasteiger partial charge in [0, 0.05) is 63.7 Å². The molecule has 2 aliphatic heterocycles. The van der Waals surface area contributed by atoms with Crippen LogP contribution < -0.4 is 15.1 Å². The second kappa shape index (κ2) is 8.06. The zero-order valence-corrected chi connectivity index (χ0v) is 16.2. The molecule has 2 saturated heterocycles. The quantitative estimate of drug-likeness (QED) is 0.861. The van der Waals surface area contributed by atoms with Crippen LogP contribution in [0.25, 0.3) is 0 Å². The molecular weight excluding hydrogens is 340 g/mol. The van der Waals surface area contributed by atoms with Crippen LogP contribution in [0.5, 0.6) is 0 Å². The monoisotopic (exact) mass is 368 g/mol. The number of likely N-dealkylation sites (N-methyl/N-ethyl adjacent to an activating group) is 2. The summed E-state index contributed by atoms with van der Waals surface area (Å²) in [4.78, 5) is 14.0. The van der Waals surface area contributed by atoms with Crippen LogP contribution in [0, 0.1) is 0 Å². The highest BCUT2D eigenvalue weighted by Crippen LogP contribution is 2.21. The van der Waals surface area contributed by atoms with E-state index in [9.17, 15) is 0 Å². The molecule has 27 heavy (non-hydrogen) atoms. The van der Waals surface area contributed by atoms with Gasteiger partial charge in [0.15, 0.2) is 5.82 Å². The van der Waals surface area contributed by atoms with Gasteiger partial charge in [0.05, 0.1) is 6.20 Å². The summed E-state index contributed by atoms with van der Waals surface area (Å²) < 4.78 is 0. The SMILES string of the molecule is CN1CCN(c2ccc(Nc3nncc(N4CCN(C)CC4)n3)cc2)CC1. The second-order valence-electron chi connectivity index (χ2n) is 7.39. The number of nitrogens with one attached hydrogen (secondary N) is 1. The fraction of sp³-hybridized carbons (Fsp3) is 0.526. The van der Waals surface area contributed by atoms with E-state index in [1.54, 1.807) is 6.20 Å². The van der Waals surface area contributed by atoms with Crippen LogP contribution >= 0.6 is 0 Å². The third-order valence-corrected chi connectivity index (χ3v) is 5.37. The molecule has 8 nitrogen and oxygen atoms in total.